The predicted octanol–water partition coefficient (Wildman–Crippen LogP) is 2.07. The fourth-order valence-electron chi connectivity index (χ4n) is 1.60. The zero-order valence-electron chi connectivity index (χ0n) is 10.4. The molecule has 0 bridgehead atoms. The third kappa shape index (κ3) is 8.43. The standard InChI is InChI=1S/C12H26N2O/c1-4-7-9-11(8-5-2)14-12(15)10-13-6-3/h11,13H,4-10H2,1-3H3,(H,14,15). The highest BCUT2D eigenvalue weighted by atomic mass is 16.1. The van der Waals surface area contributed by atoms with Crippen molar-refractivity contribution in [3.63, 3.8) is 0 Å². The quantitative estimate of drug-likeness (QED) is 0.617. The Morgan fingerprint density at radius 2 is 1.87 bits per heavy atom. The molecule has 0 aliphatic carbocycles. The molecule has 3 nitrogen and oxygen atoms in total. The van der Waals surface area contributed by atoms with Gasteiger partial charge < -0.3 is 10.6 Å². The normalized spacial score (nSPS) is 12.5. The van der Waals surface area contributed by atoms with Gasteiger partial charge >= 0.3 is 0 Å². The van der Waals surface area contributed by atoms with Crippen LogP contribution in [-0.4, -0.2) is 25.0 Å². The molecular weight excluding hydrogens is 188 g/mol. The number of carbonyl (C=O) groups excluding carboxylic acids is 1. The maximum Gasteiger partial charge on any atom is 0.234 e. The molecule has 0 saturated carbocycles. The van der Waals surface area contributed by atoms with Crippen molar-refractivity contribution in [2.75, 3.05) is 13.1 Å². The van der Waals surface area contributed by atoms with Crippen molar-refractivity contribution in [3.05, 3.63) is 0 Å². The Labute approximate surface area is 94.0 Å². The van der Waals surface area contributed by atoms with Crippen LogP contribution in [0.4, 0.5) is 0 Å². The van der Waals surface area contributed by atoms with Crippen LogP contribution in [0.3, 0.4) is 0 Å². The second-order valence-electron chi connectivity index (χ2n) is 3.98. The molecule has 1 amide bonds. The molecule has 15 heavy (non-hydrogen) atoms. The maximum absolute atomic E-state index is 11.5. The molecule has 0 aromatic carbocycles. The van der Waals surface area contributed by atoms with Crippen molar-refractivity contribution in [1.82, 2.24) is 10.6 Å². The van der Waals surface area contributed by atoms with Gasteiger partial charge in [0.25, 0.3) is 0 Å². The summed E-state index contributed by atoms with van der Waals surface area (Å²) in [5.41, 5.74) is 0. The van der Waals surface area contributed by atoms with Crippen LogP contribution in [0.2, 0.25) is 0 Å². The van der Waals surface area contributed by atoms with Gasteiger partial charge in [-0.2, -0.15) is 0 Å². The van der Waals surface area contributed by atoms with Gasteiger partial charge in [-0.15, -0.1) is 0 Å². The minimum Gasteiger partial charge on any atom is -0.352 e. The highest BCUT2D eigenvalue weighted by Crippen LogP contribution is 2.06. The summed E-state index contributed by atoms with van der Waals surface area (Å²) in [6, 6.07) is 0.376. The number of likely N-dealkylation sites (N-methyl/N-ethyl adjacent to an activating group) is 1. The average Bonchev–Trinajstić information content (AvgIpc) is 2.23. The highest BCUT2D eigenvalue weighted by Gasteiger charge is 2.09. The van der Waals surface area contributed by atoms with E-state index >= 15 is 0 Å². The molecule has 0 saturated heterocycles. The summed E-state index contributed by atoms with van der Waals surface area (Å²) in [5.74, 6) is 0.131. The molecule has 0 aromatic heterocycles. The molecule has 0 spiro atoms. The van der Waals surface area contributed by atoms with Crippen molar-refractivity contribution in [2.45, 2.75) is 58.9 Å². The van der Waals surface area contributed by atoms with Gasteiger partial charge in [-0.25, -0.2) is 0 Å². The molecule has 0 rings (SSSR count). The lowest BCUT2D eigenvalue weighted by atomic mass is 10.1. The molecule has 2 N–H and O–H groups in total. The fourth-order valence-corrected chi connectivity index (χ4v) is 1.60. The Morgan fingerprint density at radius 1 is 1.13 bits per heavy atom. The Hall–Kier alpha value is -0.570. The molecule has 0 aliphatic heterocycles. The Morgan fingerprint density at radius 3 is 2.40 bits per heavy atom. The van der Waals surface area contributed by atoms with Crippen molar-refractivity contribution >= 4 is 5.91 Å². The monoisotopic (exact) mass is 214 g/mol. The van der Waals surface area contributed by atoms with E-state index in [9.17, 15) is 4.79 Å². The number of hydrogen-bond donors (Lipinski definition) is 2. The van der Waals surface area contributed by atoms with E-state index in [0.717, 1.165) is 25.8 Å². The maximum atomic E-state index is 11.5. The predicted molar refractivity (Wildman–Crippen MR) is 64.9 cm³/mol. The van der Waals surface area contributed by atoms with Crippen LogP contribution in [0.15, 0.2) is 0 Å². The molecular formula is C12H26N2O. The van der Waals surface area contributed by atoms with Gasteiger partial charge in [0.15, 0.2) is 0 Å². The molecule has 0 radical (unpaired) electrons. The van der Waals surface area contributed by atoms with Crippen molar-refractivity contribution < 1.29 is 4.79 Å². The molecule has 3 heteroatoms. The highest BCUT2D eigenvalue weighted by molar-refractivity contribution is 5.78. The summed E-state index contributed by atoms with van der Waals surface area (Å²) in [4.78, 5) is 11.5. The Bertz CT molecular complexity index is 160. The number of unbranched alkanes of at least 4 members (excludes halogenated alkanes) is 1. The van der Waals surface area contributed by atoms with Gasteiger partial charge in [-0.05, 0) is 19.4 Å². The summed E-state index contributed by atoms with van der Waals surface area (Å²) in [6.45, 7) is 7.65. The van der Waals surface area contributed by atoms with Gasteiger partial charge in [0.1, 0.15) is 0 Å². The lowest BCUT2D eigenvalue weighted by Gasteiger charge is -2.17. The number of rotatable bonds is 9. The summed E-state index contributed by atoms with van der Waals surface area (Å²) < 4.78 is 0. The van der Waals surface area contributed by atoms with Gasteiger partial charge in [-0.3, -0.25) is 4.79 Å². The smallest absolute Gasteiger partial charge is 0.234 e. The van der Waals surface area contributed by atoms with E-state index in [0.29, 0.717) is 12.6 Å². The van der Waals surface area contributed by atoms with Crippen LogP contribution >= 0.6 is 0 Å². The molecule has 0 aliphatic rings. The number of nitrogens with one attached hydrogen (secondary N) is 2. The van der Waals surface area contributed by atoms with Crippen LogP contribution in [0.1, 0.15) is 52.9 Å². The molecule has 0 heterocycles. The summed E-state index contributed by atoms with van der Waals surface area (Å²) >= 11 is 0. The molecule has 0 aromatic rings. The summed E-state index contributed by atoms with van der Waals surface area (Å²) in [7, 11) is 0. The lowest BCUT2D eigenvalue weighted by Crippen LogP contribution is -2.40. The van der Waals surface area contributed by atoms with Crippen LogP contribution in [0, 0.1) is 0 Å². The van der Waals surface area contributed by atoms with E-state index < -0.39 is 0 Å². The first-order valence-electron chi connectivity index (χ1n) is 6.24. The van der Waals surface area contributed by atoms with E-state index in [-0.39, 0.29) is 5.91 Å². The molecule has 1 atom stereocenters. The van der Waals surface area contributed by atoms with Crippen LogP contribution in [-0.2, 0) is 4.79 Å². The summed E-state index contributed by atoms with van der Waals surface area (Å²) in [5, 5.41) is 6.13. The lowest BCUT2D eigenvalue weighted by molar-refractivity contribution is -0.121. The SMILES string of the molecule is CCCCC(CCC)NC(=O)CNCC. The van der Waals surface area contributed by atoms with Crippen LogP contribution in [0.25, 0.3) is 0 Å². The second-order valence-corrected chi connectivity index (χ2v) is 3.98. The Kier molecular flexibility index (Phi) is 9.59. The van der Waals surface area contributed by atoms with E-state index in [1.165, 1.54) is 12.8 Å². The zero-order valence-corrected chi connectivity index (χ0v) is 10.4. The van der Waals surface area contributed by atoms with Gasteiger partial charge in [0.05, 0.1) is 6.54 Å². The van der Waals surface area contributed by atoms with Crippen LogP contribution in [0.5, 0.6) is 0 Å². The fraction of sp³-hybridized carbons (Fsp3) is 0.917. The third-order valence-corrected chi connectivity index (χ3v) is 2.44. The number of hydrogen-bond acceptors (Lipinski definition) is 2. The van der Waals surface area contributed by atoms with Crippen molar-refractivity contribution in [2.24, 2.45) is 0 Å². The van der Waals surface area contributed by atoms with E-state index in [1.54, 1.807) is 0 Å². The Balaban J connectivity index is 3.76. The second kappa shape index (κ2) is 9.97. The van der Waals surface area contributed by atoms with E-state index in [4.69, 9.17) is 0 Å². The minimum absolute atomic E-state index is 0.131. The van der Waals surface area contributed by atoms with E-state index in [1.807, 2.05) is 6.92 Å². The number of carbonyl (C=O) groups is 1. The first-order valence-corrected chi connectivity index (χ1v) is 6.24. The van der Waals surface area contributed by atoms with Crippen molar-refractivity contribution in [1.29, 1.82) is 0 Å². The van der Waals surface area contributed by atoms with Crippen molar-refractivity contribution in [3.8, 4) is 0 Å². The van der Waals surface area contributed by atoms with Crippen LogP contribution < -0.4 is 10.6 Å². The average molecular weight is 214 g/mol. The largest absolute Gasteiger partial charge is 0.352 e. The molecule has 90 valence electrons. The van der Waals surface area contributed by atoms with Gasteiger partial charge in [-0.1, -0.05) is 40.0 Å². The summed E-state index contributed by atoms with van der Waals surface area (Å²) in [6.07, 6.45) is 5.74. The van der Waals surface area contributed by atoms with Gasteiger partial charge in [0.2, 0.25) is 5.91 Å². The first kappa shape index (κ1) is 14.4. The first-order chi connectivity index (χ1) is 7.24. The van der Waals surface area contributed by atoms with E-state index in [2.05, 4.69) is 24.5 Å². The molecule has 0 fully saturated rings. The zero-order chi connectivity index (χ0) is 11.5. The van der Waals surface area contributed by atoms with Gasteiger partial charge in [0, 0.05) is 6.04 Å². The molecule has 1 unspecified atom stereocenters. The third-order valence-electron chi connectivity index (χ3n) is 2.44. The topological polar surface area (TPSA) is 41.1 Å². The number of amides is 1. The minimum atomic E-state index is 0.131.